The van der Waals surface area contributed by atoms with Crippen LogP contribution in [0.15, 0.2) is 58.8 Å². The Labute approximate surface area is 291 Å². The Bertz CT molecular complexity index is 1700. The van der Waals surface area contributed by atoms with Gasteiger partial charge in [0.2, 0.25) is 5.91 Å². The smallest absolute Gasteiger partial charge is 0.250 e. The summed E-state index contributed by atoms with van der Waals surface area (Å²) < 4.78 is 84.2. The number of hydrogen-bond acceptors (Lipinski definition) is 8. The predicted octanol–water partition coefficient (Wildman–Crippen LogP) is 5.15. The van der Waals surface area contributed by atoms with Gasteiger partial charge in [0.15, 0.2) is 9.84 Å². The van der Waals surface area contributed by atoms with E-state index >= 15 is 0 Å². The van der Waals surface area contributed by atoms with Crippen molar-refractivity contribution >= 4 is 48.7 Å². The monoisotopic (exact) mass is 747 g/mol. The van der Waals surface area contributed by atoms with Crippen LogP contribution in [-0.4, -0.2) is 63.6 Å². The molecule has 9 nitrogen and oxygen atoms in total. The number of aliphatic hydroxyl groups is 1. The Balaban J connectivity index is 1.92. The fourth-order valence-electron chi connectivity index (χ4n) is 5.38. The first-order chi connectivity index (χ1) is 22.7. The zero-order chi connectivity index (χ0) is 35.5. The maximum atomic E-state index is 14.1. The number of sulfone groups is 1. The van der Waals surface area contributed by atoms with Crippen molar-refractivity contribution in [3.8, 4) is 0 Å². The maximum absolute atomic E-state index is 14.1. The zero-order valence-corrected chi connectivity index (χ0v) is 30.4. The van der Waals surface area contributed by atoms with Gasteiger partial charge in [0.25, 0.3) is 10.0 Å². The second kappa shape index (κ2) is 18.5. The SMILES string of the molecule is CCCC(CCC)S(=O)(=O)C[C@H](NS(=O)(=O)c1ccc(Cl)s1)C(=O)N[C@@H](Cc1cc(F)cc(F)c1)[C@H](O)CNCc1cccc(CC)c1. The molecule has 0 aliphatic rings. The van der Waals surface area contributed by atoms with Crippen molar-refractivity contribution in [1.29, 1.82) is 0 Å². The fourth-order valence-corrected chi connectivity index (χ4v) is 10.3. The number of rotatable bonds is 20. The van der Waals surface area contributed by atoms with E-state index in [0.717, 1.165) is 41.0 Å². The molecule has 1 amide bonds. The number of thiophene rings is 1. The van der Waals surface area contributed by atoms with Crippen molar-refractivity contribution in [2.24, 2.45) is 0 Å². The number of sulfonamides is 1. The summed E-state index contributed by atoms with van der Waals surface area (Å²) in [4.78, 5) is 13.9. The van der Waals surface area contributed by atoms with Crippen LogP contribution in [0.3, 0.4) is 0 Å². The van der Waals surface area contributed by atoms with Gasteiger partial charge < -0.3 is 15.7 Å². The highest BCUT2D eigenvalue weighted by Gasteiger charge is 2.36. The summed E-state index contributed by atoms with van der Waals surface area (Å²) >= 11 is 6.68. The number of benzene rings is 2. The normalized spacial score (nSPS) is 14.2. The van der Waals surface area contributed by atoms with E-state index in [9.17, 15) is 35.5 Å². The summed E-state index contributed by atoms with van der Waals surface area (Å²) in [6, 6.07) is 10.3. The Morgan fingerprint density at radius 2 is 1.56 bits per heavy atom. The van der Waals surface area contributed by atoms with E-state index in [1.54, 1.807) is 0 Å². The molecule has 15 heteroatoms. The van der Waals surface area contributed by atoms with E-state index < -0.39 is 66.6 Å². The van der Waals surface area contributed by atoms with Crippen LogP contribution in [0.2, 0.25) is 4.34 Å². The molecule has 0 bridgehead atoms. The molecule has 3 atom stereocenters. The number of aryl methyl sites for hydroxylation is 1. The van der Waals surface area contributed by atoms with E-state index in [1.807, 2.05) is 45.0 Å². The van der Waals surface area contributed by atoms with E-state index in [0.29, 0.717) is 38.3 Å². The van der Waals surface area contributed by atoms with Gasteiger partial charge in [-0.1, -0.05) is 69.5 Å². The molecule has 4 N–H and O–H groups in total. The quantitative estimate of drug-likeness (QED) is 0.125. The minimum Gasteiger partial charge on any atom is -0.390 e. The summed E-state index contributed by atoms with van der Waals surface area (Å²) in [6.45, 7) is 6.01. The number of hydrogen-bond donors (Lipinski definition) is 4. The summed E-state index contributed by atoms with van der Waals surface area (Å²) in [5.41, 5.74) is 2.20. The molecular formula is C33H44ClF2N3O6S3. The molecule has 0 saturated heterocycles. The van der Waals surface area contributed by atoms with Crippen LogP contribution in [0.4, 0.5) is 8.78 Å². The van der Waals surface area contributed by atoms with Crippen molar-refractivity contribution in [1.82, 2.24) is 15.4 Å². The van der Waals surface area contributed by atoms with Crippen molar-refractivity contribution in [3.63, 3.8) is 0 Å². The summed E-state index contributed by atoms with van der Waals surface area (Å²) in [5, 5.41) is 16.2. The summed E-state index contributed by atoms with van der Waals surface area (Å²) in [7, 11) is -8.40. The number of aliphatic hydroxyl groups excluding tert-OH is 1. The van der Waals surface area contributed by atoms with Crippen LogP contribution >= 0.6 is 22.9 Å². The Kier molecular flexibility index (Phi) is 15.4. The fraction of sp³-hybridized carbons (Fsp3) is 0.485. The van der Waals surface area contributed by atoms with Gasteiger partial charge in [-0.25, -0.2) is 25.6 Å². The van der Waals surface area contributed by atoms with Crippen LogP contribution in [0, 0.1) is 11.6 Å². The third-order valence-corrected chi connectivity index (χ3v) is 13.3. The molecule has 3 aromatic rings. The Morgan fingerprint density at radius 1 is 0.917 bits per heavy atom. The van der Waals surface area contributed by atoms with Crippen molar-refractivity contribution in [3.05, 3.63) is 87.3 Å². The van der Waals surface area contributed by atoms with Gasteiger partial charge in [0.05, 0.1) is 27.5 Å². The lowest BCUT2D eigenvalue weighted by atomic mass is 10.00. The zero-order valence-electron chi connectivity index (χ0n) is 27.2. The Morgan fingerprint density at radius 3 is 2.15 bits per heavy atom. The van der Waals surface area contributed by atoms with E-state index in [2.05, 4.69) is 15.4 Å². The van der Waals surface area contributed by atoms with Gasteiger partial charge in [0, 0.05) is 19.2 Å². The third-order valence-electron chi connectivity index (χ3n) is 7.81. The molecule has 0 spiro atoms. The van der Waals surface area contributed by atoms with E-state index in [4.69, 9.17) is 11.6 Å². The van der Waals surface area contributed by atoms with Gasteiger partial charge in [-0.3, -0.25) is 4.79 Å². The minimum atomic E-state index is -4.40. The number of carbonyl (C=O) groups excluding carboxylic acids is 1. The summed E-state index contributed by atoms with van der Waals surface area (Å²) in [6.07, 6.45) is 1.06. The van der Waals surface area contributed by atoms with E-state index in [-0.39, 0.29) is 27.1 Å². The van der Waals surface area contributed by atoms with Crippen molar-refractivity contribution in [2.45, 2.75) is 93.5 Å². The minimum absolute atomic E-state index is 0.0590. The highest BCUT2D eigenvalue weighted by molar-refractivity contribution is 7.92. The topological polar surface area (TPSA) is 142 Å². The second-order valence-electron chi connectivity index (χ2n) is 11.7. The molecule has 0 aliphatic carbocycles. The van der Waals surface area contributed by atoms with Gasteiger partial charge in [0.1, 0.15) is 21.9 Å². The van der Waals surface area contributed by atoms with Gasteiger partial charge in [-0.05, 0) is 66.6 Å². The first kappa shape index (κ1) is 40.0. The van der Waals surface area contributed by atoms with Gasteiger partial charge in [-0.15, -0.1) is 11.3 Å². The lowest BCUT2D eigenvalue weighted by Gasteiger charge is -2.28. The molecule has 0 fully saturated rings. The number of nitrogens with one attached hydrogen (secondary N) is 3. The molecule has 1 heterocycles. The van der Waals surface area contributed by atoms with Crippen LogP contribution in [0.25, 0.3) is 0 Å². The molecule has 3 rings (SSSR count). The molecule has 0 unspecified atom stereocenters. The van der Waals surface area contributed by atoms with Crippen molar-refractivity contribution in [2.75, 3.05) is 12.3 Å². The highest BCUT2D eigenvalue weighted by Crippen LogP contribution is 2.26. The van der Waals surface area contributed by atoms with Crippen LogP contribution in [0.1, 0.15) is 63.1 Å². The highest BCUT2D eigenvalue weighted by atomic mass is 35.5. The molecular weight excluding hydrogens is 704 g/mol. The van der Waals surface area contributed by atoms with E-state index in [1.165, 1.54) is 12.1 Å². The number of amides is 1. The maximum Gasteiger partial charge on any atom is 0.250 e. The second-order valence-corrected chi connectivity index (χ2v) is 17.7. The molecule has 1 aromatic heterocycles. The molecule has 266 valence electrons. The average Bonchev–Trinajstić information content (AvgIpc) is 3.47. The molecule has 0 radical (unpaired) electrons. The Hall–Kier alpha value is -2.46. The van der Waals surface area contributed by atoms with Crippen LogP contribution < -0.4 is 15.4 Å². The molecule has 0 aliphatic heterocycles. The largest absolute Gasteiger partial charge is 0.390 e. The van der Waals surface area contributed by atoms with Gasteiger partial charge in [-0.2, -0.15) is 4.72 Å². The molecule has 0 saturated carbocycles. The van der Waals surface area contributed by atoms with Crippen LogP contribution in [0.5, 0.6) is 0 Å². The van der Waals surface area contributed by atoms with Crippen LogP contribution in [-0.2, 0) is 44.0 Å². The first-order valence-corrected chi connectivity index (χ1v) is 20.3. The third kappa shape index (κ3) is 12.1. The van der Waals surface area contributed by atoms with Crippen molar-refractivity contribution < 1.29 is 35.5 Å². The standard InChI is InChI=1S/C33H44ClF2N3O6S3/c1-4-8-27(9-5-2)47(42,43)21-29(39-48(44,45)32-13-12-31(34)46-32)33(41)38-28(17-24-15-25(35)18-26(36)16-24)30(40)20-37-19-23-11-7-10-22(6-3)14-23/h7,10-16,18,27-30,37,39-40H,4-6,8-9,17,19-21H2,1-3H3,(H,38,41)/t28-,29-,30+/m0/s1. The molecule has 2 aromatic carbocycles. The predicted molar refractivity (Wildman–Crippen MR) is 186 cm³/mol. The lowest BCUT2D eigenvalue weighted by Crippen LogP contribution is -2.56. The van der Waals surface area contributed by atoms with Gasteiger partial charge >= 0.3 is 0 Å². The molecule has 48 heavy (non-hydrogen) atoms. The number of carbonyl (C=O) groups is 1. The average molecular weight is 748 g/mol. The first-order valence-electron chi connectivity index (χ1n) is 15.9. The lowest BCUT2D eigenvalue weighted by molar-refractivity contribution is -0.123. The number of halogens is 3. The summed E-state index contributed by atoms with van der Waals surface area (Å²) in [5.74, 6) is -3.58.